The molecule has 0 atom stereocenters. The van der Waals surface area contributed by atoms with E-state index in [0.717, 1.165) is 5.57 Å². The fourth-order valence-electron chi connectivity index (χ4n) is 0.890. The number of nitrogens with one attached hydrogen (secondary N) is 2. The summed E-state index contributed by atoms with van der Waals surface area (Å²) in [7, 11) is 0. The van der Waals surface area contributed by atoms with Gasteiger partial charge in [-0.05, 0) is 19.2 Å². The smallest absolute Gasteiger partial charge is 0.248 e. The van der Waals surface area contributed by atoms with Crippen LogP contribution in [-0.2, 0) is 4.79 Å². The number of carbonyl (C=O) groups is 1. The zero-order valence-electron chi connectivity index (χ0n) is 6.96. The highest BCUT2D eigenvalue weighted by Gasteiger charge is 2.07. The lowest BCUT2D eigenvalue weighted by molar-refractivity contribution is -0.117. The summed E-state index contributed by atoms with van der Waals surface area (Å²) in [4.78, 5) is 11.1. The molecule has 4 heteroatoms. The molecular weight excluding hydrogens is 176 g/mol. The van der Waals surface area contributed by atoms with E-state index in [4.69, 9.17) is 0 Å². The molecule has 2 N–H and O–H groups in total. The Bertz CT molecular complexity index is 211. The van der Waals surface area contributed by atoms with Gasteiger partial charge in [-0.25, -0.2) is 0 Å². The average Bonchev–Trinajstić information content (AvgIpc) is 2.07. The zero-order chi connectivity index (χ0) is 8.10. The molecule has 0 bridgehead atoms. The summed E-state index contributed by atoms with van der Waals surface area (Å²) in [5, 5.41) is 5.70. The highest BCUT2D eigenvalue weighted by atomic mass is 35.5. The number of halogens is 1. The fraction of sp³-hybridized carbons (Fsp3) is 0.375. The van der Waals surface area contributed by atoms with Gasteiger partial charge in [-0.3, -0.25) is 4.79 Å². The molecule has 1 aliphatic rings. The number of allylic oxidation sites excluding steroid dienone is 2. The summed E-state index contributed by atoms with van der Waals surface area (Å²) in [6, 6.07) is 0. The molecule has 0 aliphatic carbocycles. The van der Waals surface area contributed by atoms with Crippen LogP contribution in [0.2, 0.25) is 0 Å². The van der Waals surface area contributed by atoms with Gasteiger partial charge >= 0.3 is 0 Å². The number of carbonyl (C=O) groups excluding carboxylic acids is 1. The Kier molecular flexibility index (Phi) is 5.21. The highest BCUT2D eigenvalue weighted by Crippen LogP contribution is 1.97. The molecule has 0 aromatic rings. The lowest BCUT2D eigenvalue weighted by atomic mass is 10.2. The Hall–Kier alpha value is -0.960. The van der Waals surface area contributed by atoms with Crippen molar-refractivity contribution in [1.82, 2.24) is 10.6 Å². The monoisotopic (exact) mass is 188 g/mol. The standard InChI is InChI=1S/C8H12N2O.ClH/c1-2-10-8(11)7-4-3-5-9-6-7;/h3-5,9H,2,6H2,1H3,(H,10,11);1H. The van der Waals surface area contributed by atoms with Crippen molar-refractivity contribution in [1.29, 1.82) is 0 Å². The SMILES string of the molecule is CCNC(=O)C1=CC=CNC1.Cl. The quantitative estimate of drug-likeness (QED) is 0.666. The van der Waals surface area contributed by atoms with Gasteiger partial charge in [0, 0.05) is 18.7 Å². The Labute approximate surface area is 78.3 Å². The first-order valence-corrected chi connectivity index (χ1v) is 3.72. The van der Waals surface area contributed by atoms with Crippen LogP contribution in [0.3, 0.4) is 0 Å². The molecule has 1 heterocycles. The summed E-state index contributed by atoms with van der Waals surface area (Å²) in [5.41, 5.74) is 0.786. The summed E-state index contributed by atoms with van der Waals surface area (Å²) in [6.07, 6.45) is 5.47. The molecule has 0 aromatic heterocycles. The molecule has 3 nitrogen and oxygen atoms in total. The summed E-state index contributed by atoms with van der Waals surface area (Å²) in [5.74, 6) is 0.0179. The van der Waals surface area contributed by atoms with Crippen molar-refractivity contribution in [3.63, 3.8) is 0 Å². The number of dihydropyridines is 1. The molecule has 1 aliphatic heterocycles. The summed E-state index contributed by atoms with van der Waals surface area (Å²) >= 11 is 0. The molecule has 0 spiro atoms. The van der Waals surface area contributed by atoms with E-state index in [1.807, 2.05) is 25.3 Å². The van der Waals surface area contributed by atoms with E-state index in [2.05, 4.69) is 10.6 Å². The van der Waals surface area contributed by atoms with Gasteiger partial charge in [0.05, 0.1) is 0 Å². The topological polar surface area (TPSA) is 41.1 Å². The third-order valence-corrected chi connectivity index (χ3v) is 1.43. The minimum atomic E-state index is 0. The molecule has 1 rings (SSSR count). The van der Waals surface area contributed by atoms with Crippen molar-refractivity contribution in [2.45, 2.75) is 6.92 Å². The molecule has 0 saturated heterocycles. The third kappa shape index (κ3) is 2.96. The maximum Gasteiger partial charge on any atom is 0.248 e. The second kappa shape index (κ2) is 5.66. The van der Waals surface area contributed by atoms with E-state index >= 15 is 0 Å². The minimum absolute atomic E-state index is 0. The van der Waals surface area contributed by atoms with Gasteiger partial charge < -0.3 is 10.6 Å². The van der Waals surface area contributed by atoms with Crippen LogP contribution in [0.1, 0.15) is 6.92 Å². The van der Waals surface area contributed by atoms with Crippen molar-refractivity contribution in [3.8, 4) is 0 Å². The number of amides is 1. The summed E-state index contributed by atoms with van der Waals surface area (Å²) in [6.45, 7) is 3.22. The van der Waals surface area contributed by atoms with E-state index in [0.29, 0.717) is 13.1 Å². The average molecular weight is 189 g/mol. The van der Waals surface area contributed by atoms with Crippen LogP contribution >= 0.6 is 12.4 Å². The van der Waals surface area contributed by atoms with Gasteiger partial charge in [0.1, 0.15) is 0 Å². The predicted octanol–water partition coefficient (Wildman–Crippen LogP) is 0.588. The Morgan fingerprint density at radius 3 is 3.00 bits per heavy atom. The molecule has 68 valence electrons. The Morgan fingerprint density at radius 1 is 1.75 bits per heavy atom. The van der Waals surface area contributed by atoms with Gasteiger partial charge in [-0.1, -0.05) is 6.08 Å². The van der Waals surface area contributed by atoms with Gasteiger partial charge in [-0.15, -0.1) is 12.4 Å². The van der Waals surface area contributed by atoms with Gasteiger partial charge in [0.2, 0.25) is 5.91 Å². The molecule has 12 heavy (non-hydrogen) atoms. The van der Waals surface area contributed by atoms with Gasteiger partial charge in [-0.2, -0.15) is 0 Å². The Balaban J connectivity index is 0.00000121. The lowest BCUT2D eigenvalue weighted by Gasteiger charge is -2.09. The van der Waals surface area contributed by atoms with Crippen molar-refractivity contribution in [2.24, 2.45) is 0 Å². The molecule has 0 unspecified atom stereocenters. The first kappa shape index (κ1) is 11.0. The Morgan fingerprint density at radius 2 is 2.50 bits per heavy atom. The second-order valence-corrected chi connectivity index (χ2v) is 2.29. The number of hydrogen-bond acceptors (Lipinski definition) is 2. The van der Waals surface area contributed by atoms with Crippen LogP contribution in [0.15, 0.2) is 23.9 Å². The second-order valence-electron chi connectivity index (χ2n) is 2.29. The lowest BCUT2D eigenvalue weighted by Crippen LogP contribution is -2.29. The van der Waals surface area contributed by atoms with Crippen molar-refractivity contribution >= 4 is 18.3 Å². The van der Waals surface area contributed by atoms with Crippen molar-refractivity contribution in [2.75, 3.05) is 13.1 Å². The van der Waals surface area contributed by atoms with Crippen LogP contribution in [0.4, 0.5) is 0 Å². The molecular formula is C8H13ClN2O. The molecule has 0 saturated carbocycles. The van der Waals surface area contributed by atoms with Crippen LogP contribution in [-0.4, -0.2) is 19.0 Å². The fourth-order valence-corrected chi connectivity index (χ4v) is 0.890. The number of rotatable bonds is 2. The highest BCUT2D eigenvalue weighted by molar-refractivity contribution is 5.94. The van der Waals surface area contributed by atoms with Crippen molar-refractivity contribution in [3.05, 3.63) is 23.9 Å². The van der Waals surface area contributed by atoms with Crippen LogP contribution in [0, 0.1) is 0 Å². The largest absolute Gasteiger partial charge is 0.387 e. The van der Waals surface area contributed by atoms with Crippen LogP contribution < -0.4 is 10.6 Å². The third-order valence-electron chi connectivity index (χ3n) is 1.43. The van der Waals surface area contributed by atoms with Gasteiger partial charge in [0.25, 0.3) is 0 Å². The van der Waals surface area contributed by atoms with Gasteiger partial charge in [0.15, 0.2) is 0 Å². The van der Waals surface area contributed by atoms with E-state index in [-0.39, 0.29) is 18.3 Å². The van der Waals surface area contributed by atoms with E-state index < -0.39 is 0 Å². The molecule has 0 aromatic carbocycles. The van der Waals surface area contributed by atoms with Crippen LogP contribution in [0.25, 0.3) is 0 Å². The number of hydrogen-bond donors (Lipinski definition) is 2. The minimum Gasteiger partial charge on any atom is -0.387 e. The first-order chi connectivity index (χ1) is 5.34. The number of likely N-dealkylation sites (N-methyl/N-ethyl adjacent to an activating group) is 1. The van der Waals surface area contributed by atoms with Crippen LogP contribution in [0.5, 0.6) is 0 Å². The van der Waals surface area contributed by atoms with E-state index in [9.17, 15) is 4.79 Å². The van der Waals surface area contributed by atoms with E-state index in [1.165, 1.54) is 0 Å². The molecule has 0 radical (unpaired) electrons. The van der Waals surface area contributed by atoms with E-state index in [1.54, 1.807) is 0 Å². The normalized spacial score (nSPS) is 13.9. The maximum atomic E-state index is 11.1. The molecule has 1 amide bonds. The maximum absolute atomic E-state index is 11.1. The zero-order valence-corrected chi connectivity index (χ0v) is 7.78. The predicted molar refractivity (Wildman–Crippen MR) is 51.2 cm³/mol. The van der Waals surface area contributed by atoms with Crippen molar-refractivity contribution < 1.29 is 4.79 Å². The molecule has 0 fully saturated rings. The summed E-state index contributed by atoms with van der Waals surface area (Å²) < 4.78 is 0. The first-order valence-electron chi connectivity index (χ1n) is 3.72.